The van der Waals surface area contributed by atoms with Gasteiger partial charge in [0.05, 0.1) is 34.1 Å². The van der Waals surface area contributed by atoms with Crippen LogP contribution in [0.1, 0.15) is 16.7 Å². The van der Waals surface area contributed by atoms with Crippen molar-refractivity contribution in [2.75, 3.05) is 0 Å². The zero-order valence-electron chi connectivity index (χ0n) is 29.2. The van der Waals surface area contributed by atoms with Gasteiger partial charge in [-0.25, -0.2) is 9.98 Å². The second-order valence-electron chi connectivity index (χ2n) is 13.1. The van der Waals surface area contributed by atoms with E-state index in [2.05, 4.69) is 131 Å². The van der Waals surface area contributed by atoms with Gasteiger partial charge in [-0.1, -0.05) is 135 Å². The Balaban J connectivity index is 1.24. The molecule has 0 N–H and O–H groups in total. The molecule has 9 rings (SSSR count). The first kappa shape index (κ1) is 31.8. The van der Waals surface area contributed by atoms with Crippen molar-refractivity contribution in [2.24, 2.45) is 15.0 Å². The van der Waals surface area contributed by atoms with Crippen molar-refractivity contribution in [1.29, 1.82) is 0 Å². The van der Waals surface area contributed by atoms with Gasteiger partial charge in [0, 0.05) is 38.4 Å². The van der Waals surface area contributed by atoms with Gasteiger partial charge in [-0.3, -0.25) is 4.99 Å². The number of pyridine rings is 1. The lowest BCUT2D eigenvalue weighted by atomic mass is 10.1. The highest BCUT2D eigenvalue weighted by Crippen LogP contribution is 2.35. The number of benzene rings is 6. The van der Waals surface area contributed by atoms with Crippen LogP contribution >= 0.6 is 0 Å². The molecule has 0 saturated heterocycles. The number of para-hydroxylation sites is 2. The summed E-state index contributed by atoms with van der Waals surface area (Å²) in [5.41, 5.74) is 9.55. The average molecular weight is 682 g/mol. The number of aromatic nitrogens is 2. The van der Waals surface area contributed by atoms with Crippen molar-refractivity contribution in [2.45, 2.75) is 6.54 Å². The largest absolute Gasteiger partial charge is 0.309 e. The number of allylic oxidation sites excluding steroid dienone is 1. The summed E-state index contributed by atoms with van der Waals surface area (Å²) in [4.78, 5) is 14.3. The highest BCUT2D eigenvalue weighted by Gasteiger charge is 2.17. The minimum Gasteiger partial charge on any atom is -0.309 e. The van der Waals surface area contributed by atoms with E-state index in [9.17, 15) is 0 Å². The molecule has 0 unspecified atom stereocenters. The van der Waals surface area contributed by atoms with Crippen LogP contribution in [-0.4, -0.2) is 27.4 Å². The van der Waals surface area contributed by atoms with Crippen LogP contribution in [0.2, 0.25) is 0 Å². The summed E-state index contributed by atoms with van der Waals surface area (Å²) in [6, 6.07) is 52.6. The Morgan fingerprint density at radius 2 is 1.28 bits per heavy atom. The smallest absolute Gasteiger partial charge is 0.161 e. The first-order chi connectivity index (χ1) is 26.1. The quantitative estimate of drug-likeness (QED) is 0.124. The summed E-state index contributed by atoms with van der Waals surface area (Å²) in [5, 5.41) is 6.76. The van der Waals surface area contributed by atoms with Crippen LogP contribution < -0.4 is 10.4 Å². The second-order valence-corrected chi connectivity index (χ2v) is 13.1. The van der Waals surface area contributed by atoms with Crippen molar-refractivity contribution in [1.82, 2.24) is 8.97 Å². The number of rotatable bonds is 6. The monoisotopic (exact) mass is 681 g/mol. The predicted molar refractivity (Wildman–Crippen MR) is 225 cm³/mol. The molecule has 0 amide bonds. The van der Waals surface area contributed by atoms with E-state index >= 15 is 0 Å². The molecule has 0 fully saturated rings. The third kappa shape index (κ3) is 5.47. The third-order valence-corrected chi connectivity index (χ3v) is 9.96. The lowest BCUT2D eigenvalue weighted by Crippen LogP contribution is -2.26. The lowest BCUT2D eigenvalue weighted by Gasteiger charge is -2.12. The Kier molecular flexibility index (Phi) is 7.94. The number of hydrogen-bond donors (Lipinski definition) is 0. The number of fused-ring (bicyclic) bond motifs is 8. The van der Waals surface area contributed by atoms with Crippen molar-refractivity contribution >= 4 is 80.2 Å². The highest BCUT2D eigenvalue weighted by atomic mass is 15.0. The molecule has 0 aliphatic rings. The van der Waals surface area contributed by atoms with E-state index in [1.54, 1.807) is 0 Å². The van der Waals surface area contributed by atoms with Crippen LogP contribution in [0.3, 0.4) is 0 Å². The van der Waals surface area contributed by atoms with Gasteiger partial charge in [0.1, 0.15) is 0 Å². The molecule has 6 aromatic carbocycles. The average Bonchev–Trinajstić information content (AvgIpc) is 3.76. The second kappa shape index (κ2) is 13.2. The molecule has 0 bridgehead atoms. The molecular formula is C48H35N5. The normalized spacial score (nSPS) is 12.8. The molecule has 0 spiro atoms. The summed E-state index contributed by atoms with van der Waals surface area (Å²) in [7, 11) is 0. The minimum atomic E-state index is 0.434. The third-order valence-electron chi connectivity index (χ3n) is 9.96. The fraction of sp³-hybridized carbons (Fsp3) is 0.0208. The van der Waals surface area contributed by atoms with Crippen molar-refractivity contribution in [3.8, 4) is 5.69 Å². The molecule has 9 aromatic rings. The fourth-order valence-electron chi connectivity index (χ4n) is 7.55. The first-order valence-corrected chi connectivity index (χ1v) is 17.6. The molecule has 3 heterocycles. The summed E-state index contributed by atoms with van der Waals surface area (Å²) in [6.07, 6.45) is 3.94. The van der Waals surface area contributed by atoms with Crippen LogP contribution in [0.4, 0.5) is 0 Å². The Morgan fingerprint density at radius 1 is 0.585 bits per heavy atom. The molecular weight excluding hydrogens is 647 g/mol. The van der Waals surface area contributed by atoms with Crippen LogP contribution in [0.15, 0.2) is 179 Å². The number of hydrogen-bond acceptors (Lipinski definition) is 1. The Hall–Kier alpha value is -7.11. The molecule has 5 nitrogen and oxygen atoms in total. The number of aliphatic imine (C=N–C) groups is 3. The van der Waals surface area contributed by atoms with E-state index in [1.807, 2.05) is 66.7 Å². The molecule has 0 radical (unpaired) electrons. The molecule has 3 aromatic heterocycles. The van der Waals surface area contributed by atoms with Gasteiger partial charge in [0.15, 0.2) is 11.7 Å². The first-order valence-electron chi connectivity index (χ1n) is 17.6. The van der Waals surface area contributed by atoms with Crippen molar-refractivity contribution < 1.29 is 0 Å². The summed E-state index contributed by atoms with van der Waals surface area (Å²) in [5.74, 6) is 1.13. The summed E-state index contributed by atoms with van der Waals surface area (Å²) < 4.78 is 4.72. The fourth-order valence-corrected chi connectivity index (χ4v) is 7.55. The van der Waals surface area contributed by atoms with E-state index in [1.165, 1.54) is 16.2 Å². The van der Waals surface area contributed by atoms with Gasteiger partial charge in [-0.05, 0) is 65.2 Å². The molecule has 0 aliphatic carbocycles. The van der Waals surface area contributed by atoms with Gasteiger partial charge in [0.25, 0.3) is 0 Å². The van der Waals surface area contributed by atoms with Crippen LogP contribution in [0.25, 0.3) is 67.5 Å². The molecule has 5 heteroatoms. The van der Waals surface area contributed by atoms with Crippen molar-refractivity contribution in [3.05, 3.63) is 191 Å². The van der Waals surface area contributed by atoms with Gasteiger partial charge in [0.2, 0.25) is 0 Å². The maximum absolute atomic E-state index is 5.07. The van der Waals surface area contributed by atoms with Gasteiger partial charge in [-0.15, -0.1) is 0 Å². The summed E-state index contributed by atoms with van der Waals surface area (Å²) in [6.45, 7) is 12.9. The topological polar surface area (TPSA) is 46.4 Å². The molecule has 0 saturated carbocycles. The van der Waals surface area contributed by atoms with E-state index in [-0.39, 0.29) is 0 Å². The van der Waals surface area contributed by atoms with Crippen molar-refractivity contribution in [3.63, 3.8) is 0 Å². The van der Waals surface area contributed by atoms with Crippen LogP contribution in [-0.2, 0) is 6.54 Å². The Bertz CT molecular complexity index is 3070. The Labute approximate surface area is 306 Å². The van der Waals surface area contributed by atoms with Gasteiger partial charge >= 0.3 is 0 Å². The van der Waals surface area contributed by atoms with Crippen LogP contribution in [0, 0.1) is 0 Å². The molecule has 252 valence electrons. The maximum Gasteiger partial charge on any atom is 0.161 e. The number of amidine groups is 2. The SMILES string of the molecule is C=C/C=c1\c(=C)c2cc3ccccc3n2c2cc3c(cc12)c1ccccc1n3-c1cccc(CN=C(N=C(N=C)c2ccccc2)c2ccccc2)c1. The number of nitrogens with zero attached hydrogens (tertiary/aromatic N) is 5. The molecule has 53 heavy (non-hydrogen) atoms. The lowest BCUT2D eigenvalue weighted by molar-refractivity contribution is 1.05. The van der Waals surface area contributed by atoms with Gasteiger partial charge < -0.3 is 8.97 Å². The van der Waals surface area contributed by atoms with E-state index < -0.39 is 0 Å². The Morgan fingerprint density at radius 3 is 2.04 bits per heavy atom. The standard InChI is InChI=1S/C48H35N5/c1-4-16-38-32(2)44-28-36-22-11-13-25-42(36)53(44)46-30-45-41(29-40(38)46)39-24-12-14-26-43(39)52(45)37-23-15-17-33(27-37)31-50-48(35-20-9-6-10-21-35)51-47(49-3)34-18-7-5-8-19-34/h4-30H,1-3,31H2/b38-16+,50-48?,51-47?. The maximum atomic E-state index is 5.07. The molecule has 0 aliphatic heterocycles. The van der Waals surface area contributed by atoms with E-state index in [0.29, 0.717) is 18.2 Å². The predicted octanol–water partition coefficient (Wildman–Crippen LogP) is 9.81. The summed E-state index contributed by atoms with van der Waals surface area (Å²) >= 11 is 0. The van der Waals surface area contributed by atoms with E-state index in [0.717, 1.165) is 65.8 Å². The van der Waals surface area contributed by atoms with Crippen LogP contribution in [0.5, 0.6) is 0 Å². The van der Waals surface area contributed by atoms with E-state index in [4.69, 9.17) is 9.98 Å². The zero-order chi connectivity index (χ0) is 35.9. The minimum absolute atomic E-state index is 0.434. The zero-order valence-corrected chi connectivity index (χ0v) is 29.2. The van der Waals surface area contributed by atoms with Gasteiger partial charge in [-0.2, -0.15) is 0 Å². The molecule has 0 atom stereocenters. The highest BCUT2D eigenvalue weighted by molar-refractivity contribution is 6.14.